The van der Waals surface area contributed by atoms with Crippen molar-refractivity contribution in [2.45, 2.75) is 25.8 Å². The smallest absolute Gasteiger partial charge is 0.262 e. The number of benzene rings is 1. The van der Waals surface area contributed by atoms with E-state index in [2.05, 4.69) is 20.0 Å². The number of hydrogen-bond donors (Lipinski definition) is 0. The first-order chi connectivity index (χ1) is 15.5. The van der Waals surface area contributed by atoms with Crippen molar-refractivity contribution in [1.29, 1.82) is 0 Å². The van der Waals surface area contributed by atoms with Crippen molar-refractivity contribution in [3.63, 3.8) is 0 Å². The number of hydrogen-bond acceptors (Lipinski definition) is 7. The molecule has 166 valence electrons. The van der Waals surface area contributed by atoms with Crippen LogP contribution in [0.15, 0.2) is 36.4 Å². The maximum atomic E-state index is 13.1. The van der Waals surface area contributed by atoms with Gasteiger partial charge in [0, 0.05) is 39.3 Å². The van der Waals surface area contributed by atoms with Gasteiger partial charge in [-0.1, -0.05) is 12.1 Å². The van der Waals surface area contributed by atoms with Crippen LogP contribution >= 0.6 is 0 Å². The lowest BCUT2D eigenvalue weighted by Crippen LogP contribution is -2.55. The minimum atomic E-state index is -0.839. The monoisotopic (exact) mass is 434 g/mol. The van der Waals surface area contributed by atoms with Gasteiger partial charge in [0.1, 0.15) is 6.04 Å². The summed E-state index contributed by atoms with van der Waals surface area (Å²) in [7, 11) is 0. The van der Waals surface area contributed by atoms with E-state index < -0.39 is 17.9 Å². The topological polar surface area (TPSA) is 90.0 Å². The number of rotatable bonds is 4. The molecule has 2 fully saturated rings. The molecule has 0 N–H and O–H groups in total. The Bertz CT molecular complexity index is 1010. The number of piperazine rings is 1. The van der Waals surface area contributed by atoms with Crippen molar-refractivity contribution in [2.24, 2.45) is 0 Å². The molecule has 5 rings (SSSR count). The van der Waals surface area contributed by atoms with Crippen LogP contribution in [0.2, 0.25) is 0 Å². The second-order valence-electron chi connectivity index (χ2n) is 8.46. The standard InChI is InChI=1S/C23H26N6O3/c1-16(29-22(31)17-6-2-3-7-18(17)23(29)32)21(30)28-14-12-27(13-15-28)20-9-8-19(24-25-20)26-10-4-5-11-26/h2-3,6-9,16H,4-5,10-15H2,1H3. The average molecular weight is 435 g/mol. The van der Waals surface area contributed by atoms with Crippen LogP contribution in [0, 0.1) is 0 Å². The van der Waals surface area contributed by atoms with Crippen molar-refractivity contribution in [1.82, 2.24) is 20.0 Å². The number of imide groups is 1. The van der Waals surface area contributed by atoms with Crippen LogP contribution in [0.1, 0.15) is 40.5 Å². The van der Waals surface area contributed by atoms with Crippen LogP contribution in [-0.4, -0.2) is 83.0 Å². The van der Waals surface area contributed by atoms with E-state index in [0.717, 1.165) is 29.6 Å². The van der Waals surface area contributed by atoms with Crippen molar-refractivity contribution in [3.8, 4) is 0 Å². The van der Waals surface area contributed by atoms with E-state index >= 15 is 0 Å². The molecular weight excluding hydrogens is 408 g/mol. The fourth-order valence-electron chi connectivity index (χ4n) is 4.69. The highest BCUT2D eigenvalue weighted by Gasteiger charge is 2.42. The zero-order valence-corrected chi connectivity index (χ0v) is 18.1. The van der Waals surface area contributed by atoms with E-state index in [0.29, 0.717) is 37.3 Å². The second kappa shape index (κ2) is 8.22. The summed E-state index contributed by atoms with van der Waals surface area (Å²) in [5.74, 6) is 0.690. The molecular formula is C23H26N6O3. The lowest BCUT2D eigenvalue weighted by molar-refractivity contribution is -0.135. The molecule has 3 aliphatic rings. The van der Waals surface area contributed by atoms with E-state index in [9.17, 15) is 14.4 Å². The molecule has 3 amide bonds. The molecule has 2 aromatic rings. The van der Waals surface area contributed by atoms with Crippen LogP contribution in [0.4, 0.5) is 11.6 Å². The third-order valence-electron chi connectivity index (χ3n) is 6.55. The summed E-state index contributed by atoms with van der Waals surface area (Å²) in [6.45, 7) is 5.93. The second-order valence-corrected chi connectivity index (χ2v) is 8.46. The van der Waals surface area contributed by atoms with Crippen LogP contribution < -0.4 is 9.80 Å². The quantitative estimate of drug-likeness (QED) is 0.672. The van der Waals surface area contributed by atoms with Crippen molar-refractivity contribution in [2.75, 3.05) is 49.1 Å². The summed E-state index contributed by atoms with van der Waals surface area (Å²) in [4.78, 5) is 45.7. The third kappa shape index (κ3) is 3.47. The first-order valence-corrected chi connectivity index (χ1v) is 11.1. The molecule has 0 bridgehead atoms. The highest BCUT2D eigenvalue weighted by atomic mass is 16.2. The Morgan fingerprint density at radius 3 is 1.78 bits per heavy atom. The number of nitrogens with zero attached hydrogens (tertiary/aromatic N) is 6. The molecule has 3 aliphatic heterocycles. The van der Waals surface area contributed by atoms with Gasteiger partial charge in [0.25, 0.3) is 11.8 Å². The molecule has 4 heterocycles. The summed E-state index contributed by atoms with van der Waals surface area (Å²) >= 11 is 0. The lowest BCUT2D eigenvalue weighted by atomic mass is 10.1. The molecule has 1 aromatic carbocycles. The predicted molar refractivity (Wildman–Crippen MR) is 119 cm³/mol. The third-order valence-corrected chi connectivity index (χ3v) is 6.55. The molecule has 1 aromatic heterocycles. The van der Waals surface area contributed by atoms with Gasteiger partial charge in [0.2, 0.25) is 5.91 Å². The first kappa shape index (κ1) is 20.4. The molecule has 32 heavy (non-hydrogen) atoms. The summed E-state index contributed by atoms with van der Waals surface area (Å²) < 4.78 is 0. The molecule has 0 saturated carbocycles. The SMILES string of the molecule is CC(C(=O)N1CCN(c2ccc(N3CCCC3)nn2)CC1)N1C(=O)c2ccccc2C1=O. The number of aromatic nitrogens is 2. The molecule has 0 spiro atoms. The fourth-order valence-corrected chi connectivity index (χ4v) is 4.69. The summed E-state index contributed by atoms with van der Waals surface area (Å²) in [5, 5.41) is 8.77. The maximum Gasteiger partial charge on any atom is 0.262 e. The Hall–Kier alpha value is -3.49. The van der Waals surface area contributed by atoms with Gasteiger partial charge in [-0.25, -0.2) is 0 Å². The van der Waals surface area contributed by atoms with E-state index in [4.69, 9.17) is 0 Å². The Labute approximate surface area is 186 Å². The van der Waals surface area contributed by atoms with Gasteiger partial charge in [0.05, 0.1) is 11.1 Å². The average Bonchev–Trinajstić information content (AvgIpc) is 3.46. The Balaban J connectivity index is 1.20. The Morgan fingerprint density at radius 1 is 0.781 bits per heavy atom. The van der Waals surface area contributed by atoms with Gasteiger partial charge >= 0.3 is 0 Å². The van der Waals surface area contributed by atoms with Gasteiger partial charge < -0.3 is 14.7 Å². The maximum absolute atomic E-state index is 13.1. The normalized spacial score (nSPS) is 19.5. The highest BCUT2D eigenvalue weighted by molar-refractivity contribution is 6.22. The van der Waals surface area contributed by atoms with Gasteiger partial charge in [-0.2, -0.15) is 0 Å². The van der Waals surface area contributed by atoms with Gasteiger partial charge in [-0.15, -0.1) is 10.2 Å². The number of anilines is 2. The largest absolute Gasteiger partial charge is 0.355 e. The van der Waals surface area contributed by atoms with Gasteiger partial charge in [0.15, 0.2) is 11.6 Å². The summed E-state index contributed by atoms with van der Waals surface area (Å²) in [6, 6.07) is 9.85. The first-order valence-electron chi connectivity index (χ1n) is 11.1. The predicted octanol–water partition coefficient (Wildman–Crippen LogP) is 1.41. The molecule has 9 heteroatoms. The van der Waals surface area contributed by atoms with E-state index in [1.807, 2.05) is 12.1 Å². The van der Waals surface area contributed by atoms with Crippen molar-refractivity contribution >= 4 is 29.4 Å². The molecule has 1 atom stereocenters. The minimum Gasteiger partial charge on any atom is -0.355 e. The Kier molecular flexibility index (Phi) is 5.24. The van der Waals surface area contributed by atoms with E-state index in [-0.39, 0.29) is 5.91 Å². The van der Waals surface area contributed by atoms with E-state index in [1.54, 1.807) is 36.1 Å². The summed E-state index contributed by atoms with van der Waals surface area (Å²) in [5.41, 5.74) is 0.718. The molecule has 1 unspecified atom stereocenters. The molecule has 2 saturated heterocycles. The van der Waals surface area contributed by atoms with Crippen molar-refractivity contribution < 1.29 is 14.4 Å². The molecule has 0 radical (unpaired) electrons. The lowest BCUT2D eigenvalue weighted by Gasteiger charge is -2.37. The number of carbonyl (C=O) groups is 3. The zero-order valence-electron chi connectivity index (χ0n) is 18.1. The van der Waals surface area contributed by atoms with Crippen molar-refractivity contribution in [3.05, 3.63) is 47.5 Å². The Morgan fingerprint density at radius 2 is 1.28 bits per heavy atom. The highest BCUT2D eigenvalue weighted by Crippen LogP contribution is 2.26. The van der Waals surface area contributed by atoms with Crippen LogP contribution in [-0.2, 0) is 4.79 Å². The summed E-state index contributed by atoms with van der Waals surface area (Å²) in [6.07, 6.45) is 2.39. The van der Waals surface area contributed by atoms with E-state index in [1.165, 1.54) is 12.8 Å². The zero-order chi connectivity index (χ0) is 22.2. The van der Waals surface area contributed by atoms with Crippen LogP contribution in [0.5, 0.6) is 0 Å². The number of fused-ring (bicyclic) bond motifs is 1. The number of amides is 3. The van der Waals surface area contributed by atoms with Crippen LogP contribution in [0.25, 0.3) is 0 Å². The van der Waals surface area contributed by atoms with Gasteiger partial charge in [-0.3, -0.25) is 19.3 Å². The fraction of sp³-hybridized carbons (Fsp3) is 0.435. The molecule has 9 nitrogen and oxygen atoms in total. The molecule has 0 aliphatic carbocycles. The van der Waals surface area contributed by atoms with Crippen LogP contribution in [0.3, 0.4) is 0 Å². The minimum absolute atomic E-state index is 0.213. The van der Waals surface area contributed by atoms with Gasteiger partial charge in [-0.05, 0) is 44.0 Å². The number of carbonyl (C=O) groups excluding carboxylic acids is 3.